The number of halogens is 4. The monoisotopic (exact) mass is 418 g/mol. The quantitative estimate of drug-likeness (QED) is 0.758. The van der Waals surface area contributed by atoms with Crippen LogP contribution in [-0.4, -0.2) is 32.4 Å². The van der Waals surface area contributed by atoms with Crippen LogP contribution in [-0.2, 0) is 27.6 Å². The summed E-state index contributed by atoms with van der Waals surface area (Å²) in [5, 5.41) is 0.285. The average molecular weight is 418 g/mol. The molecular weight excluding hydrogens is 400 g/mol. The Morgan fingerprint density at radius 3 is 2.57 bits per heavy atom. The van der Waals surface area contributed by atoms with Crippen LogP contribution in [0.4, 0.5) is 17.6 Å². The summed E-state index contributed by atoms with van der Waals surface area (Å²) in [5.74, 6) is -0.508. The predicted octanol–water partition coefficient (Wildman–Crippen LogP) is 3.25. The molecule has 0 aliphatic carbocycles. The van der Waals surface area contributed by atoms with Crippen molar-refractivity contribution in [2.75, 3.05) is 13.7 Å². The smallest absolute Gasteiger partial charge is 0.297 e. The Morgan fingerprint density at radius 2 is 1.89 bits per heavy atom. The molecule has 1 heterocycles. The molecule has 2 atom stereocenters. The maximum atomic E-state index is 13.6. The zero-order valence-corrected chi connectivity index (χ0v) is 15.6. The van der Waals surface area contributed by atoms with Gasteiger partial charge in [-0.05, 0) is 29.3 Å². The Morgan fingerprint density at radius 1 is 1.18 bits per heavy atom. The minimum atomic E-state index is -4.51. The molecular formula is C18H18F4N2O3S. The number of hydrogen-bond acceptors (Lipinski definition) is 4. The van der Waals surface area contributed by atoms with Crippen molar-refractivity contribution in [1.29, 1.82) is 0 Å². The first-order valence-corrected chi connectivity index (χ1v) is 9.88. The van der Waals surface area contributed by atoms with Crippen molar-refractivity contribution in [2.45, 2.75) is 24.0 Å². The highest BCUT2D eigenvalue weighted by molar-refractivity contribution is 7.90. The Bertz CT molecular complexity index is 950. The van der Waals surface area contributed by atoms with Gasteiger partial charge in [-0.1, -0.05) is 30.3 Å². The molecule has 2 aromatic carbocycles. The maximum absolute atomic E-state index is 13.6. The minimum absolute atomic E-state index is 0.157. The first-order valence-electron chi connectivity index (χ1n) is 8.34. The Kier molecular flexibility index (Phi) is 5.76. The van der Waals surface area contributed by atoms with Crippen molar-refractivity contribution in [3.63, 3.8) is 0 Å². The highest BCUT2D eigenvalue weighted by Crippen LogP contribution is 2.34. The van der Waals surface area contributed by atoms with E-state index in [4.69, 9.17) is 4.84 Å². The molecule has 1 fully saturated rings. The van der Waals surface area contributed by atoms with Gasteiger partial charge in [0.1, 0.15) is 11.1 Å². The second-order valence-electron chi connectivity index (χ2n) is 6.44. The van der Waals surface area contributed by atoms with Gasteiger partial charge in [-0.25, -0.2) is 17.5 Å². The van der Waals surface area contributed by atoms with E-state index >= 15 is 0 Å². The third-order valence-electron chi connectivity index (χ3n) is 4.51. The van der Waals surface area contributed by atoms with Gasteiger partial charge in [0, 0.05) is 13.6 Å². The van der Waals surface area contributed by atoms with Crippen molar-refractivity contribution in [2.24, 2.45) is 0 Å². The summed E-state index contributed by atoms with van der Waals surface area (Å²) >= 11 is 0. The van der Waals surface area contributed by atoms with Gasteiger partial charge in [-0.15, -0.1) is 0 Å². The summed E-state index contributed by atoms with van der Waals surface area (Å²) in [6.07, 6.45) is -4.51. The number of alkyl halides is 3. The fraction of sp³-hybridized carbons (Fsp3) is 0.333. The standard InChI is InChI=1S/C18H18F4N2O3S/c1-24-17(13-5-3-7-15(19)9-13)16(11-27-24)28(25,26)23-10-12-4-2-6-14(8-12)18(20,21)22/h2-9,16-17,23H,10-11H2,1H3/t16-,17-/m0/s1. The zero-order valence-electron chi connectivity index (χ0n) is 14.8. The van der Waals surface area contributed by atoms with Crippen LogP contribution in [0.5, 0.6) is 0 Å². The van der Waals surface area contributed by atoms with Gasteiger partial charge in [-0.3, -0.25) is 4.84 Å². The van der Waals surface area contributed by atoms with Crippen LogP contribution in [0.2, 0.25) is 0 Å². The highest BCUT2D eigenvalue weighted by Gasteiger charge is 2.43. The topological polar surface area (TPSA) is 58.6 Å². The first kappa shape index (κ1) is 20.7. The van der Waals surface area contributed by atoms with E-state index in [9.17, 15) is 26.0 Å². The fourth-order valence-electron chi connectivity index (χ4n) is 3.12. The number of nitrogens with one attached hydrogen (secondary N) is 1. The molecule has 1 N–H and O–H groups in total. The zero-order chi connectivity index (χ0) is 20.5. The molecule has 0 saturated carbocycles. The van der Waals surface area contributed by atoms with E-state index in [1.165, 1.54) is 42.4 Å². The summed E-state index contributed by atoms with van der Waals surface area (Å²) in [7, 11) is -2.43. The second kappa shape index (κ2) is 7.78. The number of hydroxylamine groups is 2. The minimum Gasteiger partial charge on any atom is -0.297 e. The number of sulfonamides is 1. The molecule has 0 radical (unpaired) electrons. The van der Waals surface area contributed by atoms with Gasteiger partial charge in [-0.2, -0.15) is 18.2 Å². The Balaban J connectivity index is 1.79. The van der Waals surface area contributed by atoms with E-state index in [0.29, 0.717) is 5.56 Å². The van der Waals surface area contributed by atoms with Crippen molar-refractivity contribution in [3.05, 3.63) is 71.0 Å². The molecule has 2 aromatic rings. The molecule has 1 aliphatic heterocycles. The summed E-state index contributed by atoms with van der Waals surface area (Å²) in [6.45, 7) is -0.460. The lowest BCUT2D eigenvalue weighted by atomic mass is 10.0. The van der Waals surface area contributed by atoms with Crippen LogP contribution >= 0.6 is 0 Å². The van der Waals surface area contributed by atoms with E-state index in [2.05, 4.69) is 4.72 Å². The molecule has 1 aliphatic rings. The third kappa shape index (κ3) is 4.52. The first-order chi connectivity index (χ1) is 13.1. The van der Waals surface area contributed by atoms with Crippen molar-refractivity contribution in [3.8, 4) is 0 Å². The van der Waals surface area contributed by atoms with Crippen molar-refractivity contribution >= 4 is 10.0 Å². The fourth-order valence-corrected chi connectivity index (χ4v) is 4.61. The van der Waals surface area contributed by atoms with E-state index in [1.807, 2.05) is 0 Å². The Labute approximate surface area is 159 Å². The average Bonchev–Trinajstić information content (AvgIpc) is 3.02. The van der Waals surface area contributed by atoms with Gasteiger partial charge < -0.3 is 0 Å². The Hall–Kier alpha value is -2.01. The third-order valence-corrected chi connectivity index (χ3v) is 6.24. The molecule has 3 rings (SSSR count). The summed E-state index contributed by atoms with van der Waals surface area (Å²) in [5.41, 5.74) is -0.256. The molecule has 0 spiro atoms. The largest absolute Gasteiger partial charge is 0.416 e. The normalized spacial score (nSPS) is 21.2. The van der Waals surface area contributed by atoms with Crippen molar-refractivity contribution < 1.29 is 30.8 Å². The van der Waals surface area contributed by atoms with E-state index in [1.54, 1.807) is 6.07 Å². The van der Waals surface area contributed by atoms with Crippen LogP contribution in [0.15, 0.2) is 48.5 Å². The van der Waals surface area contributed by atoms with Crippen LogP contribution in [0.25, 0.3) is 0 Å². The lowest BCUT2D eigenvalue weighted by molar-refractivity contribution is -0.137. The highest BCUT2D eigenvalue weighted by atomic mass is 32.2. The molecule has 0 unspecified atom stereocenters. The van der Waals surface area contributed by atoms with Crippen LogP contribution in [0, 0.1) is 5.82 Å². The van der Waals surface area contributed by atoms with Crippen molar-refractivity contribution in [1.82, 2.24) is 9.79 Å². The number of rotatable bonds is 5. The van der Waals surface area contributed by atoms with Gasteiger partial charge in [0.05, 0.1) is 18.2 Å². The summed E-state index contributed by atoms with van der Waals surface area (Å²) < 4.78 is 79.9. The van der Waals surface area contributed by atoms with Crippen LogP contribution < -0.4 is 4.72 Å². The molecule has 28 heavy (non-hydrogen) atoms. The lowest BCUT2D eigenvalue weighted by Crippen LogP contribution is -2.39. The van der Waals surface area contributed by atoms with E-state index in [0.717, 1.165) is 12.1 Å². The molecule has 0 amide bonds. The molecule has 10 heteroatoms. The summed E-state index contributed by atoms with van der Waals surface area (Å²) in [6, 6.07) is 9.20. The van der Waals surface area contributed by atoms with E-state index < -0.39 is 38.9 Å². The molecule has 5 nitrogen and oxygen atoms in total. The lowest BCUT2D eigenvalue weighted by Gasteiger charge is -2.23. The number of nitrogens with zero attached hydrogens (tertiary/aromatic N) is 1. The van der Waals surface area contributed by atoms with Gasteiger partial charge in [0.15, 0.2) is 0 Å². The molecule has 0 bridgehead atoms. The predicted molar refractivity (Wildman–Crippen MR) is 93.8 cm³/mol. The van der Waals surface area contributed by atoms with Gasteiger partial charge in [0.2, 0.25) is 10.0 Å². The van der Waals surface area contributed by atoms with E-state index in [-0.39, 0.29) is 18.7 Å². The van der Waals surface area contributed by atoms with Gasteiger partial charge in [0.25, 0.3) is 0 Å². The SMILES string of the molecule is CN1OC[C@H](S(=O)(=O)NCc2cccc(C(F)(F)F)c2)[C@@H]1c1cccc(F)c1. The number of benzene rings is 2. The second-order valence-corrected chi connectivity index (χ2v) is 8.43. The summed E-state index contributed by atoms with van der Waals surface area (Å²) in [4.78, 5) is 5.32. The van der Waals surface area contributed by atoms with Gasteiger partial charge >= 0.3 is 6.18 Å². The molecule has 1 saturated heterocycles. The maximum Gasteiger partial charge on any atom is 0.416 e. The number of hydrogen-bond donors (Lipinski definition) is 1. The van der Waals surface area contributed by atoms with Crippen LogP contribution in [0.3, 0.4) is 0 Å². The molecule has 152 valence electrons. The molecule has 0 aromatic heterocycles. The van der Waals surface area contributed by atoms with Crippen LogP contribution in [0.1, 0.15) is 22.7 Å².